The Morgan fingerprint density at radius 3 is 1.69 bits per heavy atom. The third-order valence-corrected chi connectivity index (χ3v) is 6.94. The molecule has 3 aliphatic carbocycles. The molecule has 32 heavy (non-hydrogen) atoms. The maximum Gasteiger partial charge on any atom is 0.254 e. The van der Waals surface area contributed by atoms with Crippen molar-refractivity contribution in [3.63, 3.8) is 0 Å². The summed E-state index contributed by atoms with van der Waals surface area (Å²) in [6, 6.07) is 23.9. The van der Waals surface area contributed by atoms with Crippen LogP contribution in [0.15, 0.2) is 77.9 Å². The first-order valence-electron chi connectivity index (χ1n) is 11.0. The van der Waals surface area contributed by atoms with Crippen LogP contribution in [0.4, 0.5) is 0 Å². The van der Waals surface area contributed by atoms with Gasteiger partial charge in [-0.25, -0.2) is 0 Å². The molecule has 3 aromatic carbocycles. The SMILES string of the molecule is CCOc1ccc(/C=N\N2C(=O)[C@@H]3C4c5ccccc5C(c5ccccc54)[C@@H]3C2=O)cc1. The molecule has 3 aromatic rings. The average Bonchev–Trinajstić information content (AvgIpc) is 3.09. The minimum Gasteiger partial charge on any atom is -0.494 e. The summed E-state index contributed by atoms with van der Waals surface area (Å²) in [5.41, 5.74) is 5.46. The van der Waals surface area contributed by atoms with Crippen LogP contribution in [-0.2, 0) is 9.59 Å². The van der Waals surface area contributed by atoms with Crippen LogP contribution >= 0.6 is 0 Å². The van der Waals surface area contributed by atoms with Crippen molar-refractivity contribution in [1.82, 2.24) is 5.01 Å². The van der Waals surface area contributed by atoms with Crippen molar-refractivity contribution >= 4 is 18.0 Å². The standard InChI is InChI=1S/C27H22N2O3/c1-2-32-17-13-11-16(12-14-17)15-28-29-26(30)24-22-18-7-3-4-8-19(18)23(25(24)27(29)31)21-10-6-5-9-20(21)22/h3-15,22-25H,2H2,1H3/b28-15-/t22?,23?,24-,25+. The third kappa shape index (κ3) is 2.60. The second-order valence-electron chi connectivity index (χ2n) is 8.50. The number of ether oxygens (including phenoxy) is 1. The van der Waals surface area contributed by atoms with Crippen LogP contribution in [-0.4, -0.2) is 29.6 Å². The van der Waals surface area contributed by atoms with Crippen LogP contribution in [0.1, 0.15) is 46.6 Å². The Morgan fingerprint density at radius 1 is 0.781 bits per heavy atom. The number of imide groups is 1. The summed E-state index contributed by atoms with van der Waals surface area (Å²) in [7, 11) is 0. The van der Waals surface area contributed by atoms with E-state index in [1.54, 1.807) is 6.21 Å². The van der Waals surface area contributed by atoms with E-state index in [1.165, 1.54) is 0 Å². The number of carbonyl (C=O) groups excluding carboxylic acids is 2. The van der Waals surface area contributed by atoms with Crippen molar-refractivity contribution in [2.75, 3.05) is 6.61 Å². The molecule has 0 aromatic heterocycles. The van der Waals surface area contributed by atoms with Gasteiger partial charge in [-0.1, -0.05) is 48.5 Å². The summed E-state index contributed by atoms with van der Waals surface area (Å²) in [5, 5.41) is 5.45. The predicted molar refractivity (Wildman–Crippen MR) is 121 cm³/mol. The number of nitrogens with zero attached hydrogens (tertiary/aromatic N) is 2. The lowest BCUT2D eigenvalue weighted by Gasteiger charge is -2.45. The highest BCUT2D eigenvalue weighted by molar-refractivity contribution is 6.08. The molecule has 1 fully saturated rings. The van der Waals surface area contributed by atoms with Gasteiger partial charge in [0.25, 0.3) is 11.8 Å². The second-order valence-corrected chi connectivity index (χ2v) is 8.50. The number of benzene rings is 3. The summed E-state index contributed by atoms with van der Waals surface area (Å²) in [4.78, 5) is 27.0. The van der Waals surface area contributed by atoms with Crippen LogP contribution in [0.3, 0.4) is 0 Å². The van der Waals surface area contributed by atoms with E-state index < -0.39 is 11.8 Å². The molecule has 2 amide bonds. The molecular formula is C27H22N2O3. The van der Waals surface area contributed by atoms with E-state index >= 15 is 0 Å². The van der Waals surface area contributed by atoms with Crippen molar-refractivity contribution in [1.29, 1.82) is 0 Å². The number of rotatable bonds is 4. The van der Waals surface area contributed by atoms with Crippen molar-refractivity contribution in [3.05, 3.63) is 101 Å². The number of amides is 2. The van der Waals surface area contributed by atoms with Gasteiger partial charge in [0.15, 0.2) is 0 Å². The minimum absolute atomic E-state index is 0.112. The predicted octanol–water partition coefficient (Wildman–Crippen LogP) is 4.31. The van der Waals surface area contributed by atoms with Crippen molar-refractivity contribution < 1.29 is 14.3 Å². The normalized spacial score (nSPS) is 25.1. The highest BCUT2D eigenvalue weighted by Gasteiger charge is 2.61. The Balaban J connectivity index is 1.38. The number of hydrogen-bond acceptors (Lipinski definition) is 4. The highest BCUT2D eigenvalue weighted by atomic mass is 16.5. The van der Waals surface area contributed by atoms with Crippen molar-refractivity contribution in [2.45, 2.75) is 18.8 Å². The molecule has 2 atom stereocenters. The lowest BCUT2D eigenvalue weighted by atomic mass is 9.55. The molecule has 7 rings (SSSR count). The van der Waals surface area contributed by atoms with Gasteiger partial charge in [-0.2, -0.15) is 10.1 Å². The molecule has 0 unspecified atom stereocenters. The number of hydrazone groups is 1. The topological polar surface area (TPSA) is 59.0 Å². The first-order valence-corrected chi connectivity index (χ1v) is 11.0. The fourth-order valence-corrected chi connectivity index (χ4v) is 5.72. The summed E-state index contributed by atoms with van der Waals surface area (Å²) >= 11 is 0. The number of carbonyl (C=O) groups is 2. The van der Waals surface area contributed by atoms with Gasteiger partial charge >= 0.3 is 0 Å². The van der Waals surface area contributed by atoms with E-state index in [4.69, 9.17) is 4.74 Å². The summed E-state index contributed by atoms with van der Waals surface area (Å²) in [6.45, 7) is 2.53. The molecule has 1 saturated heterocycles. The molecule has 5 heteroatoms. The van der Waals surface area contributed by atoms with Gasteiger partial charge < -0.3 is 4.74 Å². The van der Waals surface area contributed by atoms with Gasteiger partial charge in [0.05, 0.1) is 24.7 Å². The average molecular weight is 422 g/mol. The minimum atomic E-state index is -0.408. The Bertz CT molecular complexity index is 1150. The first kappa shape index (κ1) is 19.0. The molecule has 5 nitrogen and oxygen atoms in total. The Kier molecular flexibility index (Phi) is 4.25. The van der Waals surface area contributed by atoms with Gasteiger partial charge in [0.2, 0.25) is 0 Å². The van der Waals surface area contributed by atoms with E-state index in [0.29, 0.717) is 6.61 Å². The molecule has 4 aliphatic rings. The quantitative estimate of drug-likeness (QED) is 0.465. The summed E-state index contributed by atoms with van der Waals surface area (Å²) < 4.78 is 5.47. The smallest absolute Gasteiger partial charge is 0.254 e. The van der Waals surface area contributed by atoms with Crippen LogP contribution < -0.4 is 4.74 Å². The second kappa shape index (κ2) is 7.16. The van der Waals surface area contributed by atoms with Gasteiger partial charge in [-0.3, -0.25) is 9.59 Å². The van der Waals surface area contributed by atoms with Gasteiger partial charge in [-0.15, -0.1) is 0 Å². The van der Waals surface area contributed by atoms with Gasteiger partial charge in [0.1, 0.15) is 5.75 Å². The van der Waals surface area contributed by atoms with Gasteiger partial charge in [-0.05, 0) is 59.0 Å². The highest BCUT2D eigenvalue weighted by Crippen LogP contribution is 2.60. The summed E-state index contributed by atoms with van der Waals surface area (Å²) in [6.07, 6.45) is 1.57. The lowest BCUT2D eigenvalue weighted by Crippen LogP contribution is -2.41. The zero-order chi connectivity index (χ0) is 21.8. The van der Waals surface area contributed by atoms with E-state index in [0.717, 1.165) is 38.6 Å². The van der Waals surface area contributed by atoms with Crippen molar-refractivity contribution in [2.24, 2.45) is 16.9 Å². The molecule has 1 aliphatic heterocycles. The monoisotopic (exact) mass is 422 g/mol. The van der Waals surface area contributed by atoms with Crippen molar-refractivity contribution in [3.8, 4) is 5.75 Å². The fraction of sp³-hybridized carbons (Fsp3) is 0.222. The van der Waals surface area contributed by atoms with Crippen LogP contribution in [0.25, 0.3) is 0 Å². The van der Waals surface area contributed by atoms with Crippen LogP contribution in [0, 0.1) is 11.8 Å². The molecule has 0 N–H and O–H groups in total. The maximum atomic E-state index is 13.5. The summed E-state index contributed by atoms with van der Waals surface area (Å²) in [5.74, 6) is -0.679. The van der Waals surface area contributed by atoms with Crippen LogP contribution in [0.5, 0.6) is 5.75 Å². The van der Waals surface area contributed by atoms with Gasteiger partial charge in [0, 0.05) is 11.8 Å². The first-order chi connectivity index (χ1) is 15.7. The third-order valence-electron chi connectivity index (χ3n) is 6.94. The lowest BCUT2D eigenvalue weighted by molar-refractivity contribution is -0.139. The molecule has 0 saturated carbocycles. The zero-order valence-corrected chi connectivity index (χ0v) is 17.6. The van der Waals surface area contributed by atoms with E-state index in [1.807, 2.05) is 55.5 Å². The Labute approximate surface area is 186 Å². The van der Waals surface area contributed by atoms with E-state index in [-0.39, 0.29) is 23.7 Å². The molecule has 0 spiro atoms. The van der Waals surface area contributed by atoms with E-state index in [2.05, 4.69) is 29.4 Å². The van der Waals surface area contributed by atoms with E-state index in [9.17, 15) is 9.59 Å². The Hall–Kier alpha value is -3.73. The molecule has 158 valence electrons. The maximum absolute atomic E-state index is 13.5. The zero-order valence-electron chi connectivity index (χ0n) is 17.6. The largest absolute Gasteiger partial charge is 0.494 e. The molecule has 2 bridgehead atoms. The fourth-order valence-electron chi connectivity index (χ4n) is 5.72. The van der Waals surface area contributed by atoms with Crippen LogP contribution in [0.2, 0.25) is 0 Å². The molecular weight excluding hydrogens is 400 g/mol. The number of hydrogen-bond donors (Lipinski definition) is 0. The molecule has 1 heterocycles. The Morgan fingerprint density at radius 2 is 1.25 bits per heavy atom. The molecule has 0 radical (unpaired) electrons.